The van der Waals surface area contributed by atoms with E-state index < -0.39 is 0 Å². The predicted molar refractivity (Wildman–Crippen MR) is 244 cm³/mol. The Morgan fingerprint density at radius 3 is 1.48 bits per heavy atom. The standard InChI is InChI=1S/C52H32N2S2/c1-2-13-37(14-3-1)54-45-17-9-6-12-36(45)30-46(54)35-18-22-38(23-19-35)53(39-24-26-43-49(31-39)55-47-28-20-33-10-4-7-15-41(33)51(43)47)40-25-27-44-50(32-40)56-48-29-21-34-11-5-8-16-42(34)52(44)48/h1-32H. The van der Waals surface area contributed by atoms with E-state index in [1.807, 2.05) is 22.7 Å². The lowest BCUT2D eigenvalue weighted by molar-refractivity contribution is 1.13. The number of anilines is 3. The molecule has 0 aliphatic carbocycles. The van der Waals surface area contributed by atoms with Crippen molar-refractivity contribution in [3.63, 3.8) is 0 Å². The molecule has 3 aromatic heterocycles. The van der Waals surface area contributed by atoms with Gasteiger partial charge in [-0.3, -0.25) is 0 Å². The van der Waals surface area contributed by atoms with Gasteiger partial charge in [0.2, 0.25) is 0 Å². The fraction of sp³-hybridized carbons (Fsp3) is 0. The molecule has 0 aliphatic rings. The van der Waals surface area contributed by atoms with E-state index >= 15 is 0 Å². The molecule has 0 atom stereocenters. The molecule has 0 aliphatic heterocycles. The van der Waals surface area contributed by atoms with Gasteiger partial charge in [0.25, 0.3) is 0 Å². The van der Waals surface area contributed by atoms with Crippen LogP contribution in [0.15, 0.2) is 194 Å². The third kappa shape index (κ3) is 4.86. The molecule has 0 radical (unpaired) electrons. The van der Waals surface area contributed by atoms with Crippen LogP contribution in [-0.2, 0) is 0 Å². The minimum atomic E-state index is 1.12. The quantitative estimate of drug-likeness (QED) is 0.170. The summed E-state index contributed by atoms with van der Waals surface area (Å²) < 4.78 is 7.59. The molecule has 0 unspecified atom stereocenters. The summed E-state index contributed by atoms with van der Waals surface area (Å²) in [6.45, 7) is 0. The second-order valence-electron chi connectivity index (χ2n) is 14.5. The van der Waals surface area contributed by atoms with Crippen molar-refractivity contribution in [1.82, 2.24) is 4.57 Å². The second-order valence-corrected chi connectivity index (χ2v) is 16.7. The van der Waals surface area contributed by atoms with Gasteiger partial charge in [-0.05, 0) is 99.9 Å². The Morgan fingerprint density at radius 2 is 0.875 bits per heavy atom. The fourth-order valence-corrected chi connectivity index (χ4v) is 11.1. The summed E-state index contributed by atoms with van der Waals surface area (Å²) in [6.07, 6.45) is 0. The SMILES string of the molecule is c1ccc(-n2c(-c3ccc(N(c4ccc5c(c4)sc4ccc6ccccc6c45)c4ccc5c(c4)sc4ccc6ccccc6c45)cc3)cc3ccccc32)cc1. The van der Waals surface area contributed by atoms with Crippen LogP contribution in [0.2, 0.25) is 0 Å². The van der Waals surface area contributed by atoms with Gasteiger partial charge in [0, 0.05) is 68.5 Å². The molecule has 0 spiro atoms. The van der Waals surface area contributed by atoms with Gasteiger partial charge >= 0.3 is 0 Å². The van der Waals surface area contributed by atoms with Crippen molar-refractivity contribution in [3.05, 3.63) is 194 Å². The average Bonchev–Trinajstić information content (AvgIpc) is 3.96. The molecular weight excluding hydrogens is 717 g/mol. The summed E-state index contributed by atoms with van der Waals surface area (Å²) >= 11 is 3.76. The summed E-state index contributed by atoms with van der Waals surface area (Å²) in [6, 6.07) is 71.4. The zero-order valence-corrected chi connectivity index (χ0v) is 31.8. The lowest BCUT2D eigenvalue weighted by atomic mass is 10.0. The van der Waals surface area contributed by atoms with Crippen LogP contribution in [0.3, 0.4) is 0 Å². The third-order valence-corrected chi connectivity index (χ3v) is 13.6. The number of hydrogen-bond donors (Lipinski definition) is 0. The first kappa shape index (κ1) is 31.6. The average molecular weight is 749 g/mol. The highest BCUT2D eigenvalue weighted by molar-refractivity contribution is 7.26. The molecule has 3 heterocycles. The molecule has 12 aromatic rings. The highest BCUT2D eigenvalue weighted by Crippen LogP contribution is 2.46. The van der Waals surface area contributed by atoms with Gasteiger partial charge in [-0.1, -0.05) is 121 Å². The first-order valence-electron chi connectivity index (χ1n) is 19.0. The summed E-state index contributed by atoms with van der Waals surface area (Å²) in [4.78, 5) is 2.43. The number of rotatable bonds is 5. The predicted octanol–water partition coefficient (Wildman–Crippen LogP) is 15.8. The van der Waals surface area contributed by atoms with Crippen molar-refractivity contribution in [2.24, 2.45) is 0 Å². The van der Waals surface area contributed by atoms with Crippen molar-refractivity contribution in [3.8, 4) is 16.9 Å². The molecule has 56 heavy (non-hydrogen) atoms. The maximum Gasteiger partial charge on any atom is 0.0541 e. The first-order valence-corrected chi connectivity index (χ1v) is 20.6. The Kier molecular flexibility index (Phi) is 7.00. The number of fused-ring (bicyclic) bond motifs is 11. The van der Waals surface area contributed by atoms with Crippen LogP contribution in [0.4, 0.5) is 17.1 Å². The largest absolute Gasteiger partial charge is 0.310 e. The maximum atomic E-state index is 2.43. The minimum absolute atomic E-state index is 1.12. The van der Waals surface area contributed by atoms with Gasteiger partial charge in [0.1, 0.15) is 0 Å². The van der Waals surface area contributed by atoms with Gasteiger partial charge in [-0.2, -0.15) is 0 Å². The van der Waals surface area contributed by atoms with Gasteiger partial charge < -0.3 is 9.47 Å². The topological polar surface area (TPSA) is 8.17 Å². The molecule has 0 N–H and O–H groups in total. The normalized spacial score (nSPS) is 11.9. The van der Waals surface area contributed by atoms with E-state index in [-0.39, 0.29) is 0 Å². The monoisotopic (exact) mass is 748 g/mol. The molecule has 12 rings (SSSR count). The zero-order chi connectivity index (χ0) is 36.7. The number of para-hydroxylation sites is 2. The highest BCUT2D eigenvalue weighted by atomic mass is 32.1. The molecule has 4 heteroatoms. The first-order chi connectivity index (χ1) is 27.7. The molecule has 0 bridgehead atoms. The summed E-state index contributed by atoms with van der Waals surface area (Å²) in [5, 5.41) is 11.7. The van der Waals surface area contributed by atoms with E-state index in [1.165, 1.54) is 84.0 Å². The third-order valence-electron chi connectivity index (χ3n) is 11.4. The van der Waals surface area contributed by atoms with Crippen molar-refractivity contribution in [1.29, 1.82) is 0 Å². The Balaban J connectivity index is 1.04. The van der Waals surface area contributed by atoms with Crippen LogP contribution in [0.25, 0.3) is 89.7 Å². The summed E-state index contributed by atoms with van der Waals surface area (Å²) in [5.74, 6) is 0. The molecule has 0 saturated heterocycles. The van der Waals surface area contributed by atoms with Crippen LogP contribution >= 0.6 is 22.7 Å². The van der Waals surface area contributed by atoms with E-state index in [2.05, 4.69) is 204 Å². The van der Waals surface area contributed by atoms with Gasteiger partial charge in [-0.15, -0.1) is 22.7 Å². The number of thiophene rings is 2. The summed E-state index contributed by atoms with van der Waals surface area (Å²) in [5.41, 5.74) is 8.11. The van der Waals surface area contributed by atoms with E-state index in [0.29, 0.717) is 0 Å². The molecule has 2 nitrogen and oxygen atoms in total. The van der Waals surface area contributed by atoms with Gasteiger partial charge in [-0.25, -0.2) is 0 Å². The molecular formula is C52H32N2S2. The Bertz CT molecular complexity index is 3330. The van der Waals surface area contributed by atoms with Crippen LogP contribution < -0.4 is 4.90 Å². The summed E-state index contributed by atoms with van der Waals surface area (Å²) in [7, 11) is 0. The van der Waals surface area contributed by atoms with Crippen molar-refractivity contribution >= 4 is 113 Å². The van der Waals surface area contributed by atoms with Crippen LogP contribution in [0, 0.1) is 0 Å². The van der Waals surface area contributed by atoms with Crippen molar-refractivity contribution in [2.45, 2.75) is 0 Å². The van der Waals surface area contributed by atoms with Crippen LogP contribution in [0.5, 0.6) is 0 Å². The Labute approximate surface area is 331 Å². The number of aromatic nitrogens is 1. The second kappa shape index (κ2) is 12.4. The van der Waals surface area contributed by atoms with E-state index in [0.717, 1.165) is 22.7 Å². The highest BCUT2D eigenvalue weighted by Gasteiger charge is 2.19. The number of hydrogen-bond acceptors (Lipinski definition) is 3. The fourth-order valence-electron chi connectivity index (χ4n) is 8.80. The lowest BCUT2D eigenvalue weighted by Gasteiger charge is -2.26. The van der Waals surface area contributed by atoms with Gasteiger partial charge in [0.15, 0.2) is 0 Å². The smallest absolute Gasteiger partial charge is 0.0541 e. The zero-order valence-electron chi connectivity index (χ0n) is 30.2. The number of nitrogens with zero attached hydrogens (tertiary/aromatic N) is 2. The molecule has 0 fully saturated rings. The molecule has 0 saturated carbocycles. The molecule has 0 amide bonds. The lowest BCUT2D eigenvalue weighted by Crippen LogP contribution is -2.09. The van der Waals surface area contributed by atoms with Crippen LogP contribution in [0.1, 0.15) is 0 Å². The van der Waals surface area contributed by atoms with Gasteiger partial charge in [0.05, 0.1) is 11.2 Å². The van der Waals surface area contributed by atoms with E-state index in [9.17, 15) is 0 Å². The minimum Gasteiger partial charge on any atom is -0.310 e. The molecule has 262 valence electrons. The van der Waals surface area contributed by atoms with Crippen molar-refractivity contribution in [2.75, 3.05) is 4.90 Å². The van der Waals surface area contributed by atoms with Crippen LogP contribution in [-0.4, -0.2) is 4.57 Å². The van der Waals surface area contributed by atoms with E-state index in [4.69, 9.17) is 0 Å². The Hall–Kier alpha value is -6.72. The van der Waals surface area contributed by atoms with Crippen molar-refractivity contribution < 1.29 is 0 Å². The number of benzene rings is 9. The van der Waals surface area contributed by atoms with E-state index in [1.54, 1.807) is 0 Å². The molecule has 9 aromatic carbocycles. The maximum absolute atomic E-state index is 2.43. The Morgan fingerprint density at radius 1 is 0.357 bits per heavy atom.